The molecule has 1 N–H and O–H groups in total. The molecule has 3 aromatic rings. The summed E-state index contributed by atoms with van der Waals surface area (Å²) in [5.74, 6) is 0.285. The smallest absolute Gasteiger partial charge is 0.341 e. The van der Waals surface area contributed by atoms with Crippen LogP contribution in [0.5, 0.6) is 5.75 Å². The van der Waals surface area contributed by atoms with Crippen LogP contribution in [0, 0.1) is 0 Å². The van der Waals surface area contributed by atoms with E-state index in [1.54, 1.807) is 20.2 Å². The highest BCUT2D eigenvalue weighted by molar-refractivity contribution is 9.10. The first-order chi connectivity index (χ1) is 12.6. The van der Waals surface area contributed by atoms with Crippen molar-refractivity contribution in [1.82, 2.24) is 4.98 Å². The van der Waals surface area contributed by atoms with Gasteiger partial charge >= 0.3 is 5.97 Å². The topological polar surface area (TPSA) is 60.5 Å². The number of halogens is 1. The number of benzene rings is 2. The van der Waals surface area contributed by atoms with Crippen molar-refractivity contribution in [3.63, 3.8) is 0 Å². The lowest BCUT2D eigenvalue weighted by molar-refractivity contribution is 0.0527. The number of hydrogen-bond donors (Lipinski definition) is 1. The second-order valence-corrected chi connectivity index (χ2v) is 6.46. The zero-order chi connectivity index (χ0) is 18.5. The normalized spacial score (nSPS) is 10.6. The Balaban J connectivity index is 2.08. The molecule has 0 aliphatic heterocycles. The van der Waals surface area contributed by atoms with Crippen molar-refractivity contribution in [3.05, 3.63) is 64.3 Å². The summed E-state index contributed by atoms with van der Waals surface area (Å²) in [5, 5.41) is 4.19. The highest BCUT2D eigenvalue weighted by atomic mass is 79.9. The van der Waals surface area contributed by atoms with Gasteiger partial charge in [0.05, 0.1) is 29.4 Å². The van der Waals surface area contributed by atoms with E-state index in [0.29, 0.717) is 30.2 Å². The molecule has 0 unspecified atom stereocenters. The third-order valence-electron chi connectivity index (χ3n) is 3.95. The Hall–Kier alpha value is -2.60. The SMILES string of the molecule is CCOC(=O)c1cnc2cc(OC)c(Br)cc2c1NCc1ccccc1. The van der Waals surface area contributed by atoms with Gasteiger partial charge in [-0.05, 0) is 34.5 Å². The summed E-state index contributed by atoms with van der Waals surface area (Å²) in [6.45, 7) is 2.67. The van der Waals surface area contributed by atoms with Gasteiger partial charge in [0.2, 0.25) is 0 Å². The molecule has 0 saturated carbocycles. The lowest BCUT2D eigenvalue weighted by atomic mass is 10.1. The molecule has 0 radical (unpaired) electrons. The number of rotatable bonds is 6. The molecule has 0 spiro atoms. The number of hydrogen-bond acceptors (Lipinski definition) is 5. The Morgan fingerprint density at radius 1 is 1.23 bits per heavy atom. The fourth-order valence-electron chi connectivity index (χ4n) is 2.69. The maximum absolute atomic E-state index is 12.4. The monoisotopic (exact) mass is 414 g/mol. The van der Waals surface area contributed by atoms with Gasteiger partial charge < -0.3 is 14.8 Å². The number of anilines is 1. The molecule has 0 aliphatic rings. The molecule has 26 heavy (non-hydrogen) atoms. The molecular formula is C20H19BrN2O3. The van der Waals surface area contributed by atoms with Crippen molar-refractivity contribution < 1.29 is 14.3 Å². The molecule has 1 heterocycles. The molecule has 6 heteroatoms. The average molecular weight is 415 g/mol. The fourth-order valence-corrected chi connectivity index (χ4v) is 3.20. The van der Waals surface area contributed by atoms with Crippen LogP contribution in [0.3, 0.4) is 0 Å². The van der Waals surface area contributed by atoms with Gasteiger partial charge in [0.15, 0.2) is 0 Å². The van der Waals surface area contributed by atoms with Crippen LogP contribution in [0.2, 0.25) is 0 Å². The van der Waals surface area contributed by atoms with Crippen LogP contribution in [-0.2, 0) is 11.3 Å². The molecular weight excluding hydrogens is 396 g/mol. The summed E-state index contributed by atoms with van der Waals surface area (Å²) in [6.07, 6.45) is 1.54. The molecule has 1 aromatic heterocycles. The summed E-state index contributed by atoms with van der Waals surface area (Å²) in [4.78, 5) is 16.8. The van der Waals surface area contributed by atoms with Crippen molar-refractivity contribution in [3.8, 4) is 5.75 Å². The van der Waals surface area contributed by atoms with E-state index in [4.69, 9.17) is 9.47 Å². The van der Waals surface area contributed by atoms with Crippen LogP contribution in [0.1, 0.15) is 22.8 Å². The van der Waals surface area contributed by atoms with Gasteiger partial charge in [-0.15, -0.1) is 0 Å². The minimum absolute atomic E-state index is 0.307. The second kappa shape index (κ2) is 8.19. The van der Waals surface area contributed by atoms with Crippen LogP contribution in [0.4, 0.5) is 5.69 Å². The number of nitrogens with one attached hydrogen (secondary N) is 1. The molecule has 0 fully saturated rings. The van der Waals surface area contributed by atoms with E-state index < -0.39 is 5.97 Å². The van der Waals surface area contributed by atoms with Gasteiger partial charge in [-0.3, -0.25) is 4.98 Å². The number of methoxy groups -OCH3 is 1. The van der Waals surface area contributed by atoms with Gasteiger partial charge in [-0.1, -0.05) is 30.3 Å². The Morgan fingerprint density at radius 3 is 2.69 bits per heavy atom. The van der Waals surface area contributed by atoms with Crippen molar-refractivity contribution >= 4 is 38.5 Å². The summed E-state index contributed by atoms with van der Waals surface area (Å²) in [5.41, 5.74) is 2.95. The van der Waals surface area contributed by atoms with Gasteiger partial charge in [-0.25, -0.2) is 4.79 Å². The number of pyridine rings is 1. The van der Waals surface area contributed by atoms with E-state index in [2.05, 4.69) is 26.2 Å². The van der Waals surface area contributed by atoms with E-state index in [-0.39, 0.29) is 0 Å². The number of fused-ring (bicyclic) bond motifs is 1. The highest BCUT2D eigenvalue weighted by Crippen LogP contribution is 2.35. The zero-order valence-corrected chi connectivity index (χ0v) is 16.2. The average Bonchev–Trinajstić information content (AvgIpc) is 2.66. The minimum atomic E-state index is -0.399. The number of carbonyl (C=O) groups is 1. The maximum atomic E-state index is 12.4. The summed E-state index contributed by atoms with van der Waals surface area (Å²) in [7, 11) is 1.60. The van der Waals surface area contributed by atoms with Crippen molar-refractivity contribution in [1.29, 1.82) is 0 Å². The molecule has 0 aliphatic carbocycles. The maximum Gasteiger partial charge on any atom is 0.341 e. The minimum Gasteiger partial charge on any atom is -0.495 e. The zero-order valence-electron chi connectivity index (χ0n) is 14.6. The largest absolute Gasteiger partial charge is 0.495 e. The fraction of sp³-hybridized carbons (Fsp3) is 0.200. The molecule has 2 aromatic carbocycles. The Kier molecular flexibility index (Phi) is 5.73. The summed E-state index contributed by atoms with van der Waals surface area (Å²) in [6, 6.07) is 13.7. The number of carbonyl (C=O) groups excluding carboxylic acids is 1. The summed E-state index contributed by atoms with van der Waals surface area (Å²) < 4.78 is 11.3. The van der Waals surface area contributed by atoms with E-state index in [9.17, 15) is 4.79 Å². The highest BCUT2D eigenvalue weighted by Gasteiger charge is 2.18. The third-order valence-corrected chi connectivity index (χ3v) is 4.57. The Bertz CT molecular complexity index is 929. The molecule has 5 nitrogen and oxygen atoms in total. The van der Waals surface area contributed by atoms with Crippen molar-refractivity contribution in [2.75, 3.05) is 19.0 Å². The standard InChI is InChI=1S/C20H19BrN2O3/c1-3-26-20(24)15-12-22-17-10-18(25-2)16(21)9-14(17)19(15)23-11-13-7-5-4-6-8-13/h4-10,12H,3,11H2,1-2H3,(H,22,23). The summed E-state index contributed by atoms with van der Waals surface area (Å²) >= 11 is 3.50. The lowest BCUT2D eigenvalue weighted by Gasteiger charge is -2.15. The predicted octanol–water partition coefficient (Wildman–Crippen LogP) is 4.79. The van der Waals surface area contributed by atoms with Gasteiger partial charge in [0.25, 0.3) is 0 Å². The Labute approximate surface area is 160 Å². The number of nitrogens with zero attached hydrogens (tertiary/aromatic N) is 1. The van der Waals surface area contributed by atoms with E-state index in [0.717, 1.165) is 20.9 Å². The van der Waals surface area contributed by atoms with Crippen LogP contribution in [0.15, 0.2) is 53.1 Å². The van der Waals surface area contributed by atoms with Gasteiger partial charge in [0.1, 0.15) is 11.3 Å². The van der Waals surface area contributed by atoms with E-state index in [1.165, 1.54) is 0 Å². The molecule has 0 saturated heterocycles. The van der Waals surface area contributed by atoms with Crippen molar-refractivity contribution in [2.24, 2.45) is 0 Å². The number of aromatic nitrogens is 1. The molecule has 134 valence electrons. The molecule has 0 bridgehead atoms. The number of ether oxygens (including phenoxy) is 2. The van der Waals surface area contributed by atoms with Crippen LogP contribution < -0.4 is 10.1 Å². The number of esters is 1. The lowest BCUT2D eigenvalue weighted by Crippen LogP contribution is -2.11. The first kappa shape index (κ1) is 18.2. The second-order valence-electron chi connectivity index (χ2n) is 5.61. The quantitative estimate of drug-likeness (QED) is 0.587. The van der Waals surface area contributed by atoms with Crippen molar-refractivity contribution in [2.45, 2.75) is 13.5 Å². The van der Waals surface area contributed by atoms with E-state index >= 15 is 0 Å². The van der Waals surface area contributed by atoms with E-state index in [1.807, 2.05) is 42.5 Å². The van der Waals surface area contributed by atoms with Gasteiger partial charge in [-0.2, -0.15) is 0 Å². The van der Waals surface area contributed by atoms with Crippen LogP contribution >= 0.6 is 15.9 Å². The third kappa shape index (κ3) is 3.80. The molecule has 0 atom stereocenters. The first-order valence-corrected chi connectivity index (χ1v) is 9.04. The first-order valence-electron chi connectivity index (χ1n) is 8.25. The van der Waals surface area contributed by atoms with Crippen LogP contribution in [-0.4, -0.2) is 24.7 Å². The predicted molar refractivity (Wildman–Crippen MR) is 106 cm³/mol. The molecule has 3 rings (SSSR count). The Morgan fingerprint density at radius 2 is 2.00 bits per heavy atom. The van der Waals surface area contributed by atoms with Gasteiger partial charge in [0, 0.05) is 24.2 Å². The molecule has 0 amide bonds. The van der Waals surface area contributed by atoms with Crippen LogP contribution in [0.25, 0.3) is 10.9 Å².